The maximum Gasteiger partial charge on any atom is 0.325 e. The Bertz CT molecular complexity index is 846. The zero-order chi connectivity index (χ0) is 20.7. The molecule has 2 aromatic rings. The minimum absolute atomic E-state index is 0.00970. The predicted octanol–water partition coefficient (Wildman–Crippen LogP) is 3.49. The second kappa shape index (κ2) is 10.1. The van der Waals surface area contributed by atoms with Gasteiger partial charge in [0.05, 0.1) is 31.4 Å². The van der Waals surface area contributed by atoms with Gasteiger partial charge in [-0.1, -0.05) is 29.3 Å². The smallest absolute Gasteiger partial charge is 0.325 e. The van der Waals surface area contributed by atoms with Crippen LogP contribution >= 0.6 is 23.2 Å². The lowest BCUT2D eigenvalue weighted by atomic mass is 10.1. The van der Waals surface area contributed by atoms with Crippen molar-refractivity contribution in [2.45, 2.75) is 6.61 Å². The molecule has 0 radical (unpaired) electrons. The Hall–Kier alpha value is -2.64. The lowest BCUT2D eigenvalue weighted by Crippen LogP contribution is -2.30. The molecule has 2 aromatic carbocycles. The standard InChI is InChI=1S/C19H19Cl2NO6/c1-25-15-7-12(8-16(26-2)18(15)27-3)19(24)22-9-17(23)28-10-11-4-5-13(20)14(21)6-11/h4-8H,9-10H2,1-3H3,(H,22,24). The molecule has 0 aromatic heterocycles. The summed E-state index contributed by atoms with van der Waals surface area (Å²) >= 11 is 11.7. The normalized spacial score (nSPS) is 10.2. The van der Waals surface area contributed by atoms with E-state index in [1.165, 1.54) is 33.5 Å². The van der Waals surface area contributed by atoms with Crippen molar-refractivity contribution in [1.29, 1.82) is 0 Å². The van der Waals surface area contributed by atoms with E-state index in [1.54, 1.807) is 18.2 Å². The molecule has 0 spiro atoms. The summed E-state index contributed by atoms with van der Waals surface area (Å²) in [6.07, 6.45) is 0. The van der Waals surface area contributed by atoms with Crippen LogP contribution in [0.3, 0.4) is 0 Å². The molecule has 0 bridgehead atoms. The summed E-state index contributed by atoms with van der Waals surface area (Å²) < 4.78 is 20.7. The topological polar surface area (TPSA) is 83.1 Å². The third-order valence-corrected chi connectivity index (χ3v) is 4.44. The van der Waals surface area contributed by atoms with E-state index in [4.69, 9.17) is 42.1 Å². The van der Waals surface area contributed by atoms with Crippen molar-refractivity contribution in [2.24, 2.45) is 0 Å². The number of nitrogens with one attached hydrogen (secondary N) is 1. The van der Waals surface area contributed by atoms with Gasteiger partial charge in [-0.15, -0.1) is 0 Å². The average molecular weight is 428 g/mol. The summed E-state index contributed by atoms with van der Waals surface area (Å²) in [7, 11) is 4.35. The molecule has 150 valence electrons. The van der Waals surface area contributed by atoms with Crippen molar-refractivity contribution in [3.8, 4) is 17.2 Å². The number of halogens is 2. The maximum absolute atomic E-state index is 12.3. The van der Waals surface area contributed by atoms with Crippen molar-refractivity contribution in [2.75, 3.05) is 27.9 Å². The number of ether oxygens (including phenoxy) is 4. The largest absolute Gasteiger partial charge is 0.493 e. The van der Waals surface area contributed by atoms with Crippen molar-refractivity contribution >= 4 is 35.1 Å². The number of esters is 1. The first-order chi connectivity index (χ1) is 13.4. The number of hydrogen-bond donors (Lipinski definition) is 1. The molecule has 9 heteroatoms. The summed E-state index contributed by atoms with van der Waals surface area (Å²) in [5.41, 5.74) is 0.922. The summed E-state index contributed by atoms with van der Waals surface area (Å²) in [5, 5.41) is 3.26. The van der Waals surface area contributed by atoms with E-state index in [0.717, 1.165) is 0 Å². The van der Waals surface area contributed by atoms with E-state index in [1.807, 2.05) is 0 Å². The molecular weight excluding hydrogens is 409 g/mol. The molecule has 28 heavy (non-hydrogen) atoms. The van der Waals surface area contributed by atoms with Crippen LogP contribution in [0.4, 0.5) is 0 Å². The molecule has 0 aliphatic carbocycles. The molecule has 0 unspecified atom stereocenters. The molecule has 1 amide bonds. The van der Waals surface area contributed by atoms with Gasteiger partial charge in [0.15, 0.2) is 11.5 Å². The molecule has 0 saturated heterocycles. The highest BCUT2D eigenvalue weighted by atomic mass is 35.5. The van der Waals surface area contributed by atoms with Crippen LogP contribution in [0.25, 0.3) is 0 Å². The minimum Gasteiger partial charge on any atom is -0.493 e. The lowest BCUT2D eigenvalue weighted by molar-refractivity contribution is -0.143. The Kier molecular flexibility index (Phi) is 7.78. The minimum atomic E-state index is -0.605. The Morgan fingerprint density at radius 1 is 0.929 bits per heavy atom. The third kappa shape index (κ3) is 5.43. The molecule has 0 saturated carbocycles. The highest BCUT2D eigenvalue weighted by molar-refractivity contribution is 6.42. The molecule has 0 aliphatic heterocycles. The maximum atomic E-state index is 12.3. The lowest BCUT2D eigenvalue weighted by Gasteiger charge is -2.14. The zero-order valence-corrected chi connectivity index (χ0v) is 17.0. The predicted molar refractivity (Wildman–Crippen MR) is 105 cm³/mol. The van der Waals surface area contributed by atoms with Gasteiger partial charge in [-0.2, -0.15) is 0 Å². The summed E-state index contributed by atoms with van der Waals surface area (Å²) in [6.45, 7) is -0.299. The van der Waals surface area contributed by atoms with Crippen LogP contribution in [0, 0.1) is 0 Å². The average Bonchev–Trinajstić information content (AvgIpc) is 2.71. The van der Waals surface area contributed by atoms with E-state index in [-0.39, 0.29) is 18.7 Å². The number of hydrogen-bond acceptors (Lipinski definition) is 6. The van der Waals surface area contributed by atoms with E-state index in [0.29, 0.717) is 32.9 Å². The molecule has 1 N–H and O–H groups in total. The Morgan fingerprint density at radius 3 is 2.11 bits per heavy atom. The third-order valence-electron chi connectivity index (χ3n) is 3.70. The van der Waals surface area contributed by atoms with Gasteiger partial charge in [-0.3, -0.25) is 9.59 Å². The van der Waals surface area contributed by atoms with Crippen LogP contribution in [0.5, 0.6) is 17.2 Å². The number of carbonyl (C=O) groups is 2. The molecule has 0 atom stereocenters. The Balaban J connectivity index is 1.95. The first-order valence-electron chi connectivity index (χ1n) is 8.07. The number of rotatable bonds is 8. The van der Waals surface area contributed by atoms with Crippen molar-refractivity contribution < 1.29 is 28.5 Å². The molecule has 7 nitrogen and oxygen atoms in total. The van der Waals surface area contributed by atoms with Gasteiger partial charge >= 0.3 is 5.97 Å². The van der Waals surface area contributed by atoms with Gasteiger partial charge in [0, 0.05) is 5.56 Å². The summed E-state index contributed by atoms with van der Waals surface area (Å²) in [4.78, 5) is 24.2. The second-order valence-corrected chi connectivity index (χ2v) is 6.32. The van der Waals surface area contributed by atoms with Crippen LogP contribution < -0.4 is 19.5 Å². The SMILES string of the molecule is COc1cc(C(=O)NCC(=O)OCc2ccc(Cl)c(Cl)c2)cc(OC)c1OC. The quantitative estimate of drug-likeness (QED) is 0.649. The van der Waals surface area contributed by atoms with E-state index < -0.39 is 11.9 Å². The Labute approximate surface area is 172 Å². The fourth-order valence-corrected chi connectivity index (χ4v) is 2.63. The summed E-state index contributed by atoms with van der Waals surface area (Å²) in [5.74, 6) is -0.0800. The highest BCUT2D eigenvalue weighted by Gasteiger charge is 2.17. The molecule has 0 aliphatic rings. The van der Waals surface area contributed by atoms with Crippen LogP contribution in [0.15, 0.2) is 30.3 Å². The van der Waals surface area contributed by atoms with E-state index >= 15 is 0 Å². The van der Waals surface area contributed by atoms with Crippen molar-refractivity contribution in [3.05, 3.63) is 51.5 Å². The van der Waals surface area contributed by atoms with Crippen LogP contribution in [-0.2, 0) is 16.1 Å². The monoisotopic (exact) mass is 427 g/mol. The van der Waals surface area contributed by atoms with Crippen LogP contribution in [0.1, 0.15) is 15.9 Å². The Morgan fingerprint density at radius 2 is 1.57 bits per heavy atom. The van der Waals surface area contributed by atoms with Gasteiger partial charge in [-0.05, 0) is 29.8 Å². The fourth-order valence-electron chi connectivity index (χ4n) is 2.31. The zero-order valence-electron chi connectivity index (χ0n) is 15.5. The molecule has 2 rings (SSSR count). The van der Waals surface area contributed by atoms with E-state index in [9.17, 15) is 9.59 Å². The van der Waals surface area contributed by atoms with Gasteiger partial charge in [-0.25, -0.2) is 0 Å². The molecular formula is C19H19Cl2NO6. The summed E-state index contributed by atoms with van der Waals surface area (Å²) in [6, 6.07) is 7.87. The van der Waals surface area contributed by atoms with Crippen LogP contribution in [0.2, 0.25) is 10.0 Å². The van der Waals surface area contributed by atoms with Crippen LogP contribution in [-0.4, -0.2) is 39.8 Å². The molecule has 0 heterocycles. The second-order valence-electron chi connectivity index (χ2n) is 5.51. The number of methoxy groups -OCH3 is 3. The fraction of sp³-hybridized carbons (Fsp3) is 0.263. The highest BCUT2D eigenvalue weighted by Crippen LogP contribution is 2.38. The number of benzene rings is 2. The van der Waals surface area contributed by atoms with Crippen molar-refractivity contribution in [1.82, 2.24) is 5.32 Å². The van der Waals surface area contributed by atoms with Gasteiger partial charge in [0.2, 0.25) is 5.75 Å². The first-order valence-corrected chi connectivity index (χ1v) is 8.83. The molecule has 0 fully saturated rings. The van der Waals surface area contributed by atoms with Gasteiger partial charge in [0.1, 0.15) is 13.2 Å². The van der Waals surface area contributed by atoms with Crippen molar-refractivity contribution in [3.63, 3.8) is 0 Å². The number of amides is 1. The first kappa shape index (κ1) is 21.7. The van der Waals surface area contributed by atoms with E-state index in [2.05, 4.69) is 5.32 Å². The van der Waals surface area contributed by atoms with Gasteiger partial charge < -0.3 is 24.3 Å². The van der Waals surface area contributed by atoms with Gasteiger partial charge in [0.25, 0.3) is 5.91 Å². The number of carbonyl (C=O) groups excluding carboxylic acids is 2.